The Morgan fingerprint density at radius 3 is 2.27 bits per heavy atom. The van der Waals surface area contributed by atoms with Gasteiger partial charge in [-0.1, -0.05) is 57.7 Å². The van der Waals surface area contributed by atoms with Crippen LogP contribution >= 0.6 is 0 Å². The van der Waals surface area contributed by atoms with Crippen molar-refractivity contribution in [2.45, 2.75) is 83.1 Å². The van der Waals surface area contributed by atoms with Crippen LogP contribution in [0.25, 0.3) is 0 Å². The monoisotopic (exact) mass is 511 g/mol. The Balaban J connectivity index is 0.000000203. The van der Waals surface area contributed by atoms with E-state index in [1.165, 1.54) is 63.2 Å². The molecule has 0 bridgehead atoms. The molecule has 3 heterocycles. The molecular formula is C31H46FN3O2. The van der Waals surface area contributed by atoms with Gasteiger partial charge in [0, 0.05) is 18.9 Å². The number of carboxylic acids is 1. The first-order valence-corrected chi connectivity index (χ1v) is 14.2. The minimum atomic E-state index is -0.707. The lowest BCUT2D eigenvalue weighted by Crippen LogP contribution is -2.41. The number of piperidine rings is 1. The first-order chi connectivity index (χ1) is 17.9. The van der Waals surface area contributed by atoms with Crippen LogP contribution in [0.4, 0.5) is 4.39 Å². The highest BCUT2D eigenvalue weighted by Gasteiger charge is 2.35. The zero-order chi connectivity index (χ0) is 26.6. The van der Waals surface area contributed by atoms with Gasteiger partial charge in [-0.25, -0.2) is 4.39 Å². The maximum absolute atomic E-state index is 13.3. The van der Waals surface area contributed by atoms with Crippen molar-refractivity contribution < 1.29 is 14.3 Å². The van der Waals surface area contributed by atoms with Crippen molar-refractivity contribution in [3.05, 3.63) is 65.7 Å². The predicted octanol–water partition coefficient (Wildman–Crippen LogP) is 6.57. The summed E-state index contributed by atoms with van der Waals surface area (Å²) in [6, 6.07) is 10.6. The van der Waals surface area contributed by atoms with Gasteiger partial charge in [0.2, 0.25) is 0 Å². The van der Waals surface area contributed by atoms with Crippen molar-refractivity contribution in [2.75, 3.05) is 33.2 Å². The lowest BCUT2D eigenvalue weighted by molar-refractivity contribution is -0.143. The van der Waals surface area contributed by atoms with Gasteiger partial charge in [-0.05, 0) is 99.4 Å². The number of aliphatic carboxylic acids is 1. The molecule has 2 aliphatic heterocycles. The molecule has 2 saturated heterocycles. The minimum Gasteiger partial charge on any atom is -0.480 e. The number of halogens is 1. The quantitative estimate of drug-likeness (QED) is 0.476. The maximum atomic E-state index is 13.3. The molecule has 1 aromatic carbocycles. The molecule has 3 fully saturated rings. The zero-order valence-electron chi connectivity index (χ0n) is 23.0. The van der Waals surface area contributed by atoms with E-state index in [9.17, 15) is 14.3 Å². The molecule has 1 aliphatic carbocycles. The number of hydrogen-bond donors (Lipinski definition) is 1. The van der Waals surface area contributed by atoms with E-state index in [-0.39, 0.29) is 17.8 Å². The first kappa shape index (κ1) is 29.2. The average Bonchev–Trinajstić information content (AvgIpc) is 3.35. The molecule has 0 radical (unpaired) electrons. The van der Waals surface area contributed by atoms with E-state index in [1.807, 2.05) is 24.5 Å². The van der Waals surface area contributed by atoms with E-state index < -0.39 is 5.97 Å². The number of aromatic nitrogens is 1. The standard InChI is InChI=1S/C17H22FNO2.C11H16N2.C3H8/c18-15-6-2-5-13(10-15)14-7-8-19(11-14)16(17(20)21)9-12-3-1-4-12;1-13-7-4-10(5-8-13)11-3-2-6-12-9-11;1-3-2/h2,5-6,10,12,14,16H,1,3-4,7-9,11H2,(H,20,21);2-3,6,9-10H,4-5,7-8H2,1H3;3H2,1-2H3. The summed E-state index contributed by atoms with van der Waals surface area (Å²) >= 11 is 0. The Morgan fingerprint density at radius 2 is 1.70 bits per heavy atom. The van der Waals surface area contributed by atoms with Gasteiger partial charge in [-0.15, -0.1) is 0 Å². The van der Waals surface area contributed by atoms with Gasteiger partial charge < -0.3 is 10.0 Å². The molecule has 3 aliphatic rings. The molecule has 2 atom stereocenters. The third-order valence-electron chi connectivity index (χ3n) is 7.92. The SMILES string of the molecule is CCC.CN1CCC(c2cccnc2)CC1.O=C(O)C(CC1CCC1)N1CCC(c2cccc(F)c2)C1. The van der Waals surface area contributed by atoms with Crippen molar-refractivity contribution in [1.29, 1.82) is 0 Å². The minimum absolute atomic E-state index is 0.213. The molecular weight excluding hydrogens is 465 g/mol. The van der Waals surface area contributed by atoms with Gasteiger partial charge in [0.05, 0.1) is 0 Å². The third kappa shape index (κ3) is 9.19. The lowest BCUT2D eigenvalue weighted by Gasteiger charge is -2.32. The molecule has 5 nitrogen and oxygen atoms in total. The van der Waals surface area contributed by atoms with Crippen LogP contribution in [0.3, 0.4) is 0 Å². The Labute approximate surface area is 223 Å². The van der Waals surface area contributed by atoms with Crippen LogP contribution in [-0.2, 0) is 4.79 Å². The number of carboxylic acid groups (broad SMARTS) is 1. The third-order valence-corrected chi connectivity index (χ3v) is 7.92. The van der Waals surface area contributed by atoms with E-state index in [4.69, 9.17) is 0 Å². The second kappa shape index (κ2) is 15.2. The summed E-state index contributed by atoms with van der Waals surface area (Å²) in [6.45, 7) is 8.22. The predicted molar refractivity (Wildman–Crippen MR) is 148 cm³/mol. The Kier molecular flexibility index (Phi) is 12.0. The van der Waals surface area contributed by atoms with E-state index in [1.54, 1.807) is 12.1 Å². The summed E-state index contributed by atoms with van der Waals surface area (Å²) in [7, 11) is 2.19. The molecule has 5 rings (SSSR count). The van der Waals surface area contributed by atoms with Crippen LogP contribution < -0.4 is 0 Å². The van der Waals surface area contributed by atoms with Gasteiger partial charge in [-0.3, -0.25) is 14.7 Å². The number of nitrogens with zero attached hydrogens (tertiary/aromatic N) is 3. The van der Waals surface area contributed by atoms with Crippen molar-refractivity contribution in [1.82, 2.24) is 14.8 Å². The summed E-state index contributed by atoms with van der Waals surface area (Å²) in [5, 5.41) is 9.50. The average molecular weight is 512 g/mol. The first-order valence-electron chi connectivity index (χ1n) is 14.2. The molecule has 2 aromatic rings. The van der Waals surface area contributed by atoms with Crippen molar-refractivity contribution in [3.8, 4) is 0 Å². The van der Waals surface area contributed by atoms with Gasteiger partial charge in [0.15, 0.2) is 0 Å². The molecule has 1 N–H and O–H groups in total. The number of pyridine rings is 1. The van der Waals surface area contributed by atoms with Crippen LogP contribution in [0.15, 0.2) is 48.8 Å². The van der Waals surface area contributed by atoms with Crippen molar-refractivity contribution in [2.24, 2.45) is 5.92 Å². The van der Waals surface area contributed by atoms with Crippen LogP contribution in [0, 0.1) is 11.7 Å². The summed E-state index contributed by atoms with van der Waals surface area (Å²) < 4.78 is 13.3. The van der Waals surface area contributed by atoms with Crippen LogP contribution in [0.5, 0.6) is 0 Å². The van der Waals surface area contributed by atoms with Gasteiger partial charge >= 0.3 is 5.97 Å². The van der Waals surface area contributed by atoms with Crippen LogP contribution in [0.1, 0.15) is 88.2 Å². The number of rotatable bonds is 6. The second-order valence-corrected chi connectivity index (χ2v) is 11.0. The largest absolute Gasteiger partial charge is 0.480 e. The molecule has 2 unspecified atom stereocenters. The normalized spacial score (nSPS) is 21.7. The molecule has 1 aromatic heterocycles. The molecule has 0 spiro atoms. The van der Waals surface area contributed by atoms with Crippen molar-refractivity contribution >= 4 is 5.97 Å². The fourth-order valence-electron chi connectivity index (χ4n) is 5.51. The summed E-state index contributed by atoms with van der Waals surface area (Å²) in [6.07, 6.45) is 12.9. The second-order valence-electron chi connectivity index (χ2n) is 11.0. The van der Waals surface area contributed by atoms with E-state index in [0.717, 1.165) is 37.4 Å². The summed E-state index contributed by atoms with van der Waals surface area (Å²) in [5.74, 6) is 0.658. The highest BCUT2D eigenvalue weighted by Crippen LogP contribution is 2.35. The fraction of sp³-hybridized carbons (Fsp3) is 0.613. The zero-order valence-corrected chi connectivity index (χ0v) is 23.0. The highest BCUT2D eigenvalue weighted by molar-refractivity contribution is 5.73. The number of carbonyl (C=O) groups is 1. The fourth-order valence-corrected chi connectivity index (χ4v) is 5.51. The van der Waals surface area contributed by atoms with Crippen LogP contribution in [0.2, 0.25) is 0 Å². The maximum Gasteiger partial charge on any atom is 0.320 e. The highest BCUT2D eigenvalue weighted by atomic mass is 19.1. The number of hydrogen-bond acceptors (Lipinski definition) is 4. The lowest BCUT2D eigenvalue weighted by atomic mass is 9.80. The Bertz CT molecular complexity index is 929. The molecule has 6 heteroatoms. The van der Waals surface area contributed by atoms with Gasteiger partial charge in [0.1, 0.15) is 11.9 Å². The number of likely N-dealkylation sites (tertiary alicyclic amines) is 2. The molecule has 0 amide bonds. The summed E-state index contributed by atoms with van der Waals surface area (Å²) in [5.41, 5.74) is 2.40. The van der Waals surface area contributed by atoms with E-state index >= 15 is 0 Å². The number of benzene rings is 1. The van der Waals surface area contributed by atoms with Crippen molar-refractivity contribution in [3.63, 3.8) is 0 Å². The Hall–Kier alpha value is -2.31. The van der Waals surface area contributed by atoms with Gasteiger partial charge in [-0.2, -0.15) is 0 Å². The van der Waals surface area contributed by atoms with Gasteiger partial charge in [0.25, 0.3) is 0 Å². The molecule has 1 saturated carbocycles. The topological polar surface area (TPSA) is 56.7 Å². The van der Waals surface area contributed by atoms with E-state index in [0.29, 0.717) is 5.92 Å². The van der Waals surface area contributed by atoms with E-state index in [2.05, 4.69) is 41.7 Å². The van der Waals surface area contributed by atoms with Crippen LogP contribution in [-0.4, -0.2) is 65.1 Å². The molecule has 37 heavy (non-hydrogen) atoms. The molecule has 204 valence electrons. The Morgan fingerprint density at radius 1 is 1.03 bits per heavy atom. The smallest absolute Gasteiger partial charge is 0.320 e. The summed E-state index contributed by atoms with van der Waals surface area (Å²) in [4.78, 5) is 20.2.